The van der Waals surface area contributed by atoms with Crippen molar-refractivity contribution in [2.75, 3.05) is 5.32 Å². The Morgan fingerprint density at radius 3 is 2.78 bits per heavy atom. The van der Waals surface area contributed by atoms with Crippen LogP contribution in [0.4, 0.5) is 11.5 Å². The van der Waals surface area contributed by atoms with Crippen LogP contribution in [0.15, 0.2) is 16.7 Å². The molecule has 5 nitrogen and oxygen atoms in total. The summed E-state index contributed by atoms with van der Waals surface area (Å²) in [6.45, 7) is 6.32. The third-order valence-electron chi connectivity index (χ3n) is 2.87. The van der Waals surface area contributed by atoms with Crippen molar-refractivity contribution < 1.29 is 4.92 Å². The third-order valence-corrected chi connectivity index (χ3v) is 3.30. The van der Waals surface area contributed by atoms with Crippen molar-refractivity contribution in [1.29, 1.82) is 0 Å². The maximum atomic E-state index is 10.9. The number of rotatable bonds is 6. The van der Waals surface area contributed by atoms with E-state index < -0.39 is 4.92 Å². The molecule has 0 radical (unpaired) electrons. The molecule has 0 amide bonds. The molecule has 0 saturated carbocycles. The Morgan fingerprint density at radius 1 is 1.56 bits per heavy atom. The van der Waals surface area contributed by atoms with Gasteiger partial charge >= 0.3 is 5.69 Å². The summed E-state index contributed by atoms with van der Waals surface area (Å²) >= 11 is 3.19. The lowest BCUT2D eigenvalue weighted by molar-refractivity contribution is -0.384. The van der Waals surface area contributed by atoms with Crippen LogP contribution in [-0.4, -0.2) is 15.9 Å². The lowest BCUT2D eigenvalue weighted by Crippen LogP contribution is -2.19. The molecule has 0 aliphatic carbocycles. The smallest absolute Gasteiger partial charge is 0.312 e. The summed E-state index contributed by atoms with van der Waals surface area (Å²) in [4.78, 5) is 14.6. The van der Waals surface area contributed by atoms with Gasteiger partial charge in [-0.1, -0.05) is 20.3 Å². The highest BCUT2D eigenvalue weighted by Crippen LogP contribution is 2.26. The number of nitrogens with zero attached hydrogens (tertiary/aromatic N) is 2. The van der Waals surface area contributed by atoms with E-state index in [-0.39, 0.29) is 11.7 Å². The highest BCUT2D eigenvalue weighted by molar-refractivity contribution is 9.10. The Morgan fingerprint density at radius 2 is 2.22 bits per heavy atom. The molecule has 0 aromatic carbocycles. The fraction of sp³-hybridized carbons (Fsp3) is 0.583. The molecular weight excluding hydrogens is 298 g/mol. The minimum atomic E-state index is -0.421. The number of anilines is 1. The SMILES string of the molecule is CCC(C)CC(C)Nc1ncc(Br)cc1[N+](=O)[O-]. The minimum Gasteiger partial charge on any atom is -0.362 e. The fourth-order valence-electron chi connectivity index (χ4n) is 1.74. The Bertz CT molecular complexity index is 426. The molecule has 0 aliphatic heterocycles. The van der Waals surface area contributed by atoms with Crippen LogP contribution in [0, 0.1) is 16.0 Å². The molecular formula is C12H18BrN3O2. The number of nitrogens with one attached hydrogen (secondary N) is 1. The van der Waals surface area contributed by atoms with Crippen LogP contribution in [0.1, 0.15) is 33.6 Å². The Labute approximate surface area is 115 Å². The second-order valence-electron chi connectivity index (χ2n) is 4.57. The molecule has 1 N–H and O–H groups in total. The first kappa shape index (κ1) is 14.9. The zero-order chi connectivity index (χ0) is 13.7. The van der Waals surface area contributed by atoms with Crippen LogP contribution in [0.25, 0.3) is 0 Å². The number of halogens is 1. The van der Waals surface area contributed by atoms with E-state index in [9.17, 15) is 10.1 Å². The topological polar surface area (TPSA) is 68.1 Å². The van der Waals surface area contributed by atoms with Gasteiger partial charge in [0.05, 0.1) is 4.92 Å². The minimum absolute atomic E-state index is 0.000349. The summed E-state index contributed by atoms with van der Waals surface area (Å²) in [7, 11) is 0. The number of pyridine rings is 1. The van der Waals surface area contributed by atoms with Crippen LogP contribution < -0.4 is 5.32 Å². The molecule has 1 heterocycles. The van der Waals surface area contributed by atoms with Gasteiger partial charge < -0.3 is 5.32 Å². The van der Waals surface area contributed by atoms with Gasteiger partial charge in [0.1, 0.15) is 0 Å². The van der Waals surface area contributed by atoms with Gasteiger partial charge in [-0.15, -0.1) is 0 Å². The van der Waals surface area contributed by atoms with Crippen LogP contribution in [0.2, 0.25) is 0 Å². The van der Waals surface area contributed by atoms with Crippen LogP contribution in [-0.2, 0) is 0 Å². The molecule has 0 saturated heterocycles. The predicted octanol–water partition coefficient (Wildman–Crippen LogP) is 3.99. The second-order valence-corrected chi connectivity index (χ2v) is 5.49. The first-order chi connectivity index (χ1) is 8.43. The van der Waals surface area contributed by atoms with Gasteiger partial charge in [0.2, 0.25) is 5.82 Å². The van der Waals surface area contributed by atoms with Gasteiger partial charge in [-0.25, -0.2) is 4.98 Å². The van der Waals surface area contributed by atoms with E-state index in [1.807, 2.05) is 6.92 Å². The number of aromatic nitrogens is 1. The van der Waals surface area contributed by atoms with Crippen molar-refractivity contribution in [1.82, 2.24) is 4.98 Å². The average molecular weight is 316 g/mol. The van der Waals surface area contributed by atoms with Gasteiger partial charge in [-0.05, 0) is 35.2 Å². The zero-order valence-electron chi connectivity index (χ0n) is 10.8. The standard InChI is InChI=1S/C12H18BrN3O2/c1-4-8(2)5-9(3)15-12-11(16(17)18)6-10(13)7-14-12/h6-9H,4-5H2,1-3H3,(H,14,15). The average Bonchev–Trinajstić information content (AvgIpc) is 2.30. The Hall–Kier alpha value is -1.17. The van der Waals surface area contributed by atoms with Crippen molar-refractivity contribution in [2.45, 2.75) is 39.7 Å². The van der Waals surface area contributed by atoms with Crippen molar-refractivity contribution >= 4 is 27.4 Å². The summed E-state index contributed by atoms with van der Waals surface area (Å²) in [6.07, 6.45) is 3.62. The molecule has 1 aromatic heterocycles. The van der Waals surface area contributed by atoms with Crippen molar-refractivity contribution in [3.63, 3.8) is 0 Å². The summed E-state index contributed by atoms with van der Waals surface area (Å²) in [5.41, 5.74) is 0.000349. The lowest BCUT2D eigenvalue weighted by atomic mass is 10.0. The van der Waals surface area contributed by atoms with Gasteiger partial charge in [0, 0.05) is 22.8 Å². The lowest BCUT2D eigenvalue weighted by Gasteiger charge is -2.17. The van der Waals surface area contributed by atoms with E-state index in [1.54, 1.807) is 6.20 Å². The van der Waals surface area contributed by atoms with Crippen LogP contribution in [0.3, 0.4) is 0 Å². The van der Waals surface area contributed by atoms with Crippen LogP contribution >= 0.6 is 15.9 Å². The fourth-order valence-corrected chi connectivity index (χ4v) is 2.06. The Kier molecular flexibility index (Phi) is 5.53. The van der Waals surface area contributed by atoms with E-state index in [0.717, 1.165) is 12.8 Å². The van der Waals surface area contributed by atoms with Crippen molar-refractivity contribution in [3.8, 4) is 0 Å². The van der Waals surface area contributed by atoms with E-state index in [0.29, 0.717) is 16.2 Å². The molecule has 1 aromatic rings. The number of hydrogen-bond donors (Lipinski definition) is 1. The Balaban J connectivity index is 2.80. The maximum absolute atomic E-state index is 10.9. The normalized spacial score (nSPS) is 14.0. The molecule has 1 rings (SSSR count). The van der Waals surface area contributed by atoms with Gasteiger partial charge in [-0.3, -0.25) is 10.1 Å². The largest absolute Gasteiger partial charge is 0.362 e. The van der Waals surface area contributed by atoms with Gasteiger partial charge in [-0.2, -0.15) is 0 Å². The molecule has 0 aliphatic rings. The highest BCUT2D eigenvalue weighted by atomic mass is 79.9. The van der Waals surface area contributed by atoms with Crippen LogP contribution in [0.5, 0.6) is 0 Å². The molecule has 18 heavy (non-hydrogen) atoms. The monoisotopic (exact) mass is 315 g/mol. The first-order valence-electron chi connectivity index (χ1n) is 6.00. The molecule has 0 spiro atoms. The molecule has 0 bridgehead atoms. The highest BCUT2D eigenvalue weighted by Gasteiger charge is 2.18. The van der Waals surface area contributed by atoms with E-state index >= 15 is 0 Å². The van der Waals surface area contributed by atoms with Crippen molar-refractivity contribution in [2.24, 2.45) is 5.92 Å². The van der Waals surface area contributed by atoms with Crippen molar-refractivity contribution in [3.05, 3.63) is 26.9 Å². The summed E-state index contributed by atoms with van der Waals surface area (Å²) < 4.78 is 0.606. The molecule has 0 fully saturated rings. The molecule has 6 heteroatoms. The summed E-state index contributed by atoms with van der Waals surface area (Å²) in [6, 6.07) is 1.62. The second kappa shape index (κ2) is 6.68. The van der Waals surface area contributed by atoms with E-state index in [4.69, 9.17) is 0 Å². The van der Waals surface area contributed by atoms with E-state index in [1.165, 1.54) is 6.07 Å². The summed E-state index contributed by atoms with van der Waals surface area (Å²) in [5.74, 6) is 0.918. The summed E-state index contributed by atoms with van der Waals surface area (Å²) in [5, 5.41) is 14.0. The van der Waals surface area contributed by atoms with Gasteiger partial charge in [0.25, 0.3) is 0 Å². The first-order valence-corrected chi connectivity index (χ1v) is 6.79. The third kappa shape index (κ3) is 4.25. The quantitative estimate of drug-likeness (QED) is 0.636. The van der Waals surface area contributed by atoms with E-state index in [2.05, 4.69) is 40.1 Å². The zero-order valence-corrected chi connectivity index (χ0v) is 12.4. The maximum Gasteiger partial charge on any atom is 0.312 e. The predicted molar refractivity (Wildman–Crippen MR) is 75.7 cm³/mol. The molecule has 2 atom stereocenters. The molecule has 2 unspecified atom stereocenters. The molecule has 100 valence electrons. The number of hydrogen-bond acceptors (Lipinski definition) is 4. The number of nitro groups is 1. The van der Waals surface area contributed by atoms with Gasteiger partial charge in [0.15, 0.2) is 0 Å².